The van der Waals surface area contributed by atoms with Crippen LogP contribution in [0.25, 0.3) is 21.8 Å². The first-order valence-electron chi connectivity index (χ1n) is 10.9. The van der Waals surface area contributed by atoms with Crippen LogP contribution >= 0.6 is 0 Å². The molecule has 1 amide bonds. The Balaban J connectivity index is 1.48. The van der Waals surface area contributed by atoms with Crippen LogP contribution in [0.2, 0.25) is 0 Å². The number of aromatic nitrogens is 2. The fourth-order valence-electron chi connectivity index (χ4n) is 4.33. The molecular formula is C28H25N3O. The summed E-state index contributed by atoms with van der Waals surface area (Å²) >= 11 is 0. The number of rotatable bonds is 6. The highest BCUT2D eigenvalue weighted by atomic mass is 16.1. The van der Waals surface area contributed by atoms with Crippen LogP contribution in [0.1, 0.15) is 29.9 Å². The first-order chi connectivity index (χ1) is 15.7. The number of nitrogens with one attached hydrogen (secondary N) is 1. The molecule has 5 aromatic rings. The van der Waals surface area contributed by atoms with E-state index in [1.165, 1.54) is 16.3 Å². The van der Waals surface area contributed by atoms with Gasteiger partial charge in [-0.3, -0.25) is 4.79 Å². The van der Waals surface area contributed by atoms with E-state index in [0.29, 0.717) is 13.0 Å². The maximum absolute atomic E-state index is 12.7. The Morgan fingerprint density at radius 1 is 0.875 bits per heavy atom. The zero-order valence-corrected chi connectivity index (χ0v) is 18.0. The Hall–Kier alpha value is -3.92. The first kappa shape index (κ1) is 20.0. The van der Waals surface area contributed by atoms with Crippen LogP contribution in [-0.2, 0) is 17.8 Å². The van der Waals surface area contributed by atoms with Gasteiger partial charge in [0.15, 0.2) is 0 Å². The summed E-state index contributed by atoms with van der Waals surface area (Å²) in [6.07, 6.45) is 0.356. The van der Waals surface area contributed by atoms with E-state index in [0.717, 1.165) is 22.4 Å². The molecule has 1 N–H and O–H groups in total. The van der Waals surface area contributed by atoms with E-state index in [1.54, 1.807) is 0 Å². The summed E-state index contributed by atoms with van der Waals surface area (Å²) in [6, 6.07) is 32.6. The molecule has 0 aliphatic rings. The third-order valence-corrected chi connectivity index (χ3v) is 5.86. The molecule has 1 aromatic heterocycles. The molecule has 4 nitrogen and oxygen atoms in total. The van der Waals surface area contributed by atoms with Crippen molar-refractivity contribution in [3.63, 3.8) is 0 Å². The van der Waals surface area contributed by atoms with E-state index < -0.39 is 0 Å². The Morgan fingerprint density at radius 3 is 2.47 bits per heavy atom. The van der Waals surface area contributed by atoms with Crippen molar-refractivity contribution in [3.05, 3.63) is 114 Å². The number of nitrogens with zero attached hydrogens (tertiary/aromatic N) is 2. The second-order valence-electron chi connectivity index (χ2n) is 8.13. The summed E-state index contributed by atoms with van der Waals surface area (Å²) in [6.45, 7) is 2.69. The van der Waals surface area contributed by atoms with Gasteiger partial charge in [-0.15, -0.1) is 0 Å². The molecule has 1 atom stereocenters. The molecule has 1 heterocycles. The molecule has 0 fully saturated rings. The Labute approximate surface area is 187 Å². The molecule has 0 bridgehead atoms. The number of amides is 1. The summed E-state index contributed by atoms with van der Waals surface area (Å²) in [5, 5.41) is 5.60. The third kappa shape index (κ3) is 4.00. The molecule has 4 heteroatoms. The van der Waals surface area contributed by atoms with Crippen LogP contribution in [0, 0.1) is 0 Å². The highest BCUT2D eigenvalue weighted by Gasteiger charge is 2.19. The lowest BCUT2D eigenvalue weighted by molar-refractivity contribution is -0.121. The molecule has 0 spiro atoms. The van der Waals surface area contributed by atoms with Crippen LogP contribution in [-0.4, -0.2) is 15.5 Å². The van der Waals surface area contributed by atoms with Gasteiger partial charge in [0.05, 0.1) is 30.0 Å². The zero-order valence-electron chi connectivity index (χ0n) is 18.0. The van der Waals surface area contributed by atoms with Crippen molar-refractivity contribution in [2.75, 3.05) is 0 Å². The predicted molar refractivity (Wildman–Crippen MR) is 129 cm³/mol. The monoisotopic (exact) mass is 419 g/mol. The highest BCUT2D eigenvalue weighted by Crippen LogP contribution is 2.25. The minimum atomic E-state index is -0.214. The molecule has 0 saturated heterocycles. The van der Waals surface area contributed by atoms with Crippen molar-refractivity contribution in [2.45, 2.75) is 25.9 Å². The van der Waals surface area contributed by atoms with Gasteiger partial charge in [0.25, 0.3) is 0 Å². The quantitative estimate of drug-likeness (QED) is 0.386. The fourth-order valence-corrected chi connectivity index (χ4v) is 4.33. The molecule has 32 heavy (non-hydrogen) atoms. The van der Waals surface area contributed by atoms with Crippen LogP contribution < -0.4 is 5.32 Å². The number of benzene rings is 4. The zero-order chi connectivity index (χ0) is 21.9. The largest absolute Gasteiger partial charge is 0.346 e. The van der Waals surface area contributed by atoms with Gasteiger partial charge in [0.1, 0.15) is 5.82 Å². The standard InChI is InChI=1S/C28H25N3O/c1-20(29-27(32)18-21-10-3-2-4-11-21)28-30-25-16-7-8-17-26(25)31(28)19-23-14-9-13-22-12-5-6-15-24(22)23/h2-17,20H,18-19H2,1H3,(H,29,32). The van der Waals surface area contributed by atoms with Crippen molar-refractivity contribution in [2.24, 2.45) is 0 Å². The van der Waals surface area contributed by atoms with E-state index in [-0.39, 0.29) is 11.9 Å². The average molecular weight is 420 g/mol. The van der Waals surface area contributed by atoms with Crippen LogP contribution in [0.5, 0.6) is 0 Å². The Morgan fingerprint density at radius 2 is 1.59 bits per heavy atom. The minimum absolute atomic E-state index is 0.00697. The number of fused-ring (bicyclic) bond motifs is 2. The van der Waals surface area contributed by atoms with Crippen molar-refractivity contribution in [1.29, 1.82) is 0 Å². The molecule has 1 unspecified atom stereocenters. The summed E-state index contributed by atoms with van der Waals surface area (Å²) in [7, 11) is 0. The van der Waals surface area contributed by atoms with Crippen LogP contribution in [0.15, 0.2) is 97.1 Å². The Bertz CT molecular complexity index is 1380. The van der Waals surface area contributed by atoms with Gasteiger partial charge in [-0.1, -0.05) is 84.9 Å². The second-order valence-corrected chi connectivity index (χ2v) is 8.13. The van der Waals surface area contributed by atoms with Crippen molar-refractivity contribution in [3.8, 4) is 0 Å². The van der Waals surface area contributed by atoms with Gasteiger partial charge in [-0.25, -0.2) is 4.98 Å². The van der Waals surface area contributed by atoms with Gasteiger partial charge in [-0.2, -0.15) is 0 Å². The number of hydrogen-bond donors (Lipinski definition) is 1. The molecule has 158 valence electrons. The average Bonchev–Trinajstić information content (AvgIpc) is 3.18. The summed E-state index contributed by atoms with van der Waals surface area (Å²) in [5.41, 5.74) is 4.24. The summed E-state index contributed by atoms with van der Waals surface area (Å²) in [4.78, 5) is 17.6. The predicted octanol–water partition coefficient (Wildman–Crippen LogP) is 5.66. The lowest BCUT2D eigenvalue weighted by atomic mass is 10.0. The lowest BCUT2D eigenvalue weighted by Gasteiger charge is -2.17. The van der Waals surface area contributed by atoms with Crippen LogP contribution in [0.3, 0.4) is 0 Å². The van der Waals surface area contributed by atoms with Gasteiger partial charge < -0.3 is 9.88 Å². The maximum Gasteiger partial charge on any atom is 0.224 e. The molecule has 4 aromatic carbocycles. The van der Waals surface area contributed by atoms with Gasteiger partial charge in [0, 0.05) is 0 Å². The molecule has 0 saturated carbocycles. The number of carbonyl (C=O) groups excluding carboxylic acids is 1. The topological polar surface area (TPSA) is 46.9 Å². The fraction of sp³-hybridized carbons (Fsp3) is 0.143. The Kier molecular flexibility index (Phi) is 5.42. The van der Waals surface area contributed by atoms with Crippen molar-refractivity contribution < 1.29 is 4.79 Å². The minimum Gasteiger partial charge on any atom is -0.346 e. The number of carbonyl (C=O) groups is 1. The normalized spacial score (nSPS) is 12.2. The van der Waals surface area contributed by atoms with E-state index >= 15 is 0 Å². The molecule has 0 radical (unpaired) electrons. The van der Waals surface area contributed by atoms with Gasteiger partial charge in [0.2, 0.25) is 5.91 Å². The van der Waals surface area contributed by atoms with E-state index in [4.69, 9.17) is 4.98 Å². The van der Waals surface area contributed by atoms with E-state index in [1.807, 2.05) is 55.5 Å². The molecule has 5 rings (SSSR count). The SMILES string of the molecule is CC(NC(=O)Cc1ccccc1)c1nc2ccccc2n1Cc1cccc2ccccc12. The first-order valence-corrected chi connectivity index (χ1v) is 10.9. The lowest BCUT2D eigenvalue weighted by Crippen LogP contribution is -2.30. The van der Waals surface area contributed by atoms with Crippen molar-refractivity contribution in [1.82, 2.24) is 14.9 Å². The second kappa shape index (κ2) is 8.67. The maximum atomic E-state index is 12.7. The molecule has 0 aliphatic heterocycles. The third-order valence-electron chi connectivity index (χ3n) is 5.86. The number of hydrogen-bond acceptors (Lipinski definition) is 2. The highest BCUT2D eigenvalue weighted by molar-refractivity contribution is 5.86. The van der Waals surface area contributed by atoms with E-state index in [2.05, 4.69) is 58.4 Å². The van der Waals surface area contributed by atoms with Crippen LogP contribution in [0.4, 0.5) is 0 Å². The molecule has 0 aliphatic carbocycles. The van der Waals surface area contributed by atoms with Crippen molar-refractivity contribution >= 4 is 27.7 Å². The van der Waals surface area contributed by atoms with Gasteiger partial charge >= 0.3 is 0 Å². The number of imidazole rings is 1. The smallest absolute Gasteiger partial charge is 0.224 e. The summed E-state index contributed by atoms with van der Waals surface area (Å²) in [5.74, 6) is 0.855. The summed E-state index contributed by atoms with van der Waals surface area (Å²) < 4.78 is 2.23. The van der Waals surface area contributed by atoms with E-state index in [9.17, 15) is 4.79 Å². The molecular weight excluding hydrogens is 394 g/mol. The van der Waals surface area contributed by atoms with Gasteiger partial charge in [-0.05, 0) is 41.0 Å². The number of para-hydroxylation sites is 2.